The van der Waals surface area contributed by atoms with E-state index in [1.165, 1.54) is 49.6 Å². The summed E-state index contributed by atoms with van der Waals surface area (Å²) < 4.78 is 71.8. The SMILES string of the molecule is COc1nc2c(cc1Oc1cc(N3CCN(C4CCN(Cc5ccc(C)c(F)c5)CC4c4ccccc4C(C)C)CC3)ccc1C(=O)NS(=O)(=O)c1cnc(NCC3CCC(C)CC3)c([NH+](C)[O-])c1)C(F)=CC2. The fourth-order valence-electron chi connectivity index (χ4n) is 11.1. The van der Waals surface area contributed by atoms with Gasteiger partial charge >= 0.3 is 0 Å². The minimum Gasteiger partial charge on any atom is -0.629 e. The van der Waals surface area contributed by atoms with Gasteiger partial charge in [-0.2, -0.15) is 0 Å². The van der Waals surface area contributed by atoms with Gasteiger partial charge in [0.25, 0.3) is 21.8 Å². The number of anilines is 2. The van der Waals surface area contributed by atoms with Crippen LogP contribution >= 0.6 is 0 Å². The number of piperazine rings is 1. The molecule has 73 heavy (non-hydrogen) atoms. The lowest BCUT2D eigenvalue weighted by Crippen LogP contribution is -2.98. The van der Waals surface area contributed by atoms with Gasteiger partial charge in [0.15, 0.2) is 17.3 Å². The summed E-state index contributed by atoms with van der Waals surface area (Å²) in [5, 5.41) is 15.8. The minimum absolute atomic E-state index is 0.000421. The number of nitrogens with zero attached hydrogens (tertiary/aromatic N) is 5. The van der Waals surface area contributed by atoms with Crippen molar-refractivity contribution in [3.05, 3.63) is 135 Å². The van der Waals surface area contributed by atoms with Gasteiger partial charge in [0.1, 0.15) is 22.3 Å². The highest BCUT2D eigenvalue weighted by molar-refractivity contribution is 7.90. The van der Waals surface area contributed by atoms with Crippen molar-refractivity contribution in [3.63, 3.8) is 0 Å². The summed E-state index contributed by atoms with van der Waals surface area (Å²) in [4.78, 5) is 30.0. The van der Waals surface area contributed by atoms with Crippen molar-refractivity contribution in [3.8, 4) is 17.4 Å². The van der Waals surface area contributed by atoms with Gasteiger partial charge in [-0.3, -0.25) is 14.6 Å². The molecule has 1 saturated carbocycles. The number of rotatable bonds is 16. The van der Waals surface area contributed by atoms with E-state index in [0.717, 1.165) is 75.7 Å². The molecule has 2 aliphatic heterocycles. The van der Waals surface area contributed by atoms with Crippen LogP contribution < -0.4 is 29.5 Å². The van der Waals surface area contributed by atoms with Crippen molar-refractivity contribution in [2.75, 3.05) is 70.2 Å². The standard InChI is InChI=1S/C56H68F2N8O6S/c1-35(2)42-9-7-8-10-43(42)46-34-64(33-39-16-13-37(4)48(58)27-39)22-21-50(46)66-25-23-65(24-26-66)40-17-18-44(52(28-40)72-53-30-45-47(57)19-20-49(45)61-56(53)71-6)55(67)62-73(69,70)41-29-51(63(5)68)54(60-32-41)59-31-38-14-11-36(3)12-15-38/h7-10,13,16-19,27-30,32,35-36,38,46,50,63H,11-12,14-15,20-26,31,33-34H2,1-6H3,(H,59,60)(H,62,67). The van der Waals surface area contributed by atoms with Gasteiger partial charge in [0.2, 0.25) is 0 Å². The maximum Gasteiger partial charge on any atom is 0.268 e. The number of aromatic nitrogens is 2. The molecule has 2 aromatic heterocycles. The number of piperidine rings is 1. The molecule has 1 amide bonds. The fraction of sp³-hybridized carbons (Fsp3) is 0.446. The third-order valence-electron chi connectivity index (χ3n) is 15.3. The lowest BCUT2D eigenvalue weighted by Gasteiger charge is -2.48. The van der Waals surface area contributed by atoms with Gasteiger partial charge in [-0.25, -0.2) is 31.9 Å². The van der Waals surface area contributed by atoms with Gasteiger partial charge in [-0.05, 0) is 96.5 Å². The van der Waals surface area contributed by atoms with E-state index in [2.05, 4.69) is 79.7 Å². The van der Waals surface area contributed by atoms with Crippen LogP contribution in [0.4, 0.5) is 26.0 Å². The molecular formula is C56H68F2N8O6S. The number of pyridine rings is 2. The molecule has 3 atom stereocenters. The van der Waals surface area contributed by atoms with Crippen LogP contribution in [0.3, 0.4) is 0 Å². The number of carbonyl (C=O) groups excluding carboxylic acids is 1. The highest BCUT2D eigenvalue weighted by atomic mass is 32.2. The lowest BCUT2D eigenvalue weighted by molar-refractivity contribution is -0.751. The number of carbonyl (C=O) groups is 1. The highest BCUT2D eigenvalue weighted by Crippen LogP contribution is 2.41. The summed E-state index contributed by atoms with van der Waals surface area (Å²) >= 11 is 0. The molecule has 0 bridgehead atoms. The van der Waals surface area contributed by atoms with E-state index in [9.17, 15) is 27.2 Å². The first kappa shape index (κ1) is 51.9. The number of methoxy groups -OCH3 is 1. The predicted octanol–water partition coefficient (Wildman–Crippen LogP) is 8.90. The van der Waals surface area contributed by atoms with Crippen LogP contribution in [0.5, 0.6) is 17.4 Å². The minimum atomic E-state index is -4.57. The summed E-state index contributed by atoms with van der Waals surface area (Å²) in [5.74, 6) is 0.423. The molecule has 17 heteroatoms. The van der Waals surface area contributed by atoms with E-state index >= 15 is 0 Å². The van der Waals surface area contributed by atoms with Gasteiger partial charge in [-0.1, -0.05) is 70.0 Å². The number of aryl methyl sites for hydroxylation is 1. The van der Waals surface area contributed by atoms with Crippen LogP contribution in [-0.4, -0.2) is 100 Å². The molecule has 3 fully saturated rings. The average Bonchev–Trinajstić information content (AvgIpc) is 3.75. The highest BCUT2D eigenvalue weighted by Gasteiger charge is 2.37. The Morgan fingerprint density at radius 2 is 1.71 bits per heavy atom. The van der Waals surface area contributed by atoms with E-state index in [4.69, 9.17) is 9.47 Å². The van der Waals surface area contributed by atoms with Crippen molar-refractivity contribution in [2.45, 2.75) is 95.5 Å². The molecule has 4 heterocycles. The number of nitrogens with one attached hydrogen (secondary N) is 3. The number of sulfonamides is 1. The van der Waals surface area contributed by atoms with E-state index in [0.29, 0.717) is 61.0 Å². The molecule has 0 spiro atoms. The zero-order chi connectivity index (χ0) is 51.6. The quantitative estimate of drug-likeness (QED) is 0.0809. The van der Waals surface area contributed by atoms with Crippen LogP contribution in [0.1, 0.15) is 109 Å². The van der Waals surface area contributed by atoms with Crippen LogP contribution in [0.15, 0.2) is 90.0 Å². The number of fused-ring (bicyclic) bond motifs is 1. The molecule has 3 N–H and O–H groups in total. The molecule has 5 aromatic rings. The summed E-state index contributed by atoms with van der Waals surface area (Å²) in [6.07, 6.45) is 8.16. The maximum absolute atomic E-state index is 15.0. The van der Waals surface area contributed by atoms with Crippen LogP contribution in [0.2, 0.25) is 0 Å². The van der Waals surface area contributed by atoms with E-state index in [1.807, 2.05) is 12.1 Å². The normalized spacial score (nSPS) is 21.1. The van der Waals surface area contributed by atoms with Crippen molar-refractivity contribution in [1.29, 1.82) is 0 Å². The van der Waals surface area contributed by atoms with Crippen molar-refractivity contribution >= 4 is 38.9 Å². The first-order valence-corrected chi connectivity index (χ1v) is 27.2. The Bertz CT molecular complexity index is 2960. The lowest BCUT2D eigenvalue weighted by atomic mass is 9.80. The zero-order valence-electron chi connectivity index (χ0n) is 42.7. The number of hydrogen-bond acceptors (Lipinski definition) is 12. The second-order valence-electron chi connectivity index (χ2n) is 20.7. The van der Waals surface area contributed by atoms with Crippen LogP contribution in [0, 0.1) is 29.8 Å². The zero-order valence-corrected chi connectivity index (χ0v) is 43.5. The molecule has 2 aliphatic carbocycles. The number of quaternary nitrogens is 1. The fourth-order valence-corrected chi connectivity index (χ4v) is 12.0. The number of amides is 1. The Balaban J connectivity index is 0.958. The number of ether oxygens (including phenoxy) is 2. The summed E-state index contributed by atoms with van der Waals surface area (Å²) in [5.41, 5.74) is 5.71. The third kappa shape index (κ3) is 11.7. The summed E-state index contributed by atoms with van der Waals surface area (Å²) in [6, 6.07) is 22.2. The smallest absolute Gasteiger partial charge is 0.268 e. The van der Waals surface area contributed by atoms with E-state index < -0.39 is 21.8 Å². The number of benzene rings is 3. The number of likely N-dealkylation sites (tertiary alicyclic amines) is 1. The Hall–Kier alpha value is -5.98. The first-order chi connectivity index (χ1) is 35.0. The molecule has 3 unspecified atom stereocenters. The molecule has 3 aromatic carbocycles. The molecule has 388 valence electrons. The Labute approximate surface area is 428 Å². The number of allylic oxidation sites excluding steroid dienone is 1. The molecule has 14 nitrogen and oxygen atoms in total. The van der Waals surface area contributed by atoms with Crippen molar-refractivity contribution in [2.24, 2.45) is 11.8 Å². The van der Waals surface area contributed by atoms with Gasteiger partial charge < -0.3 is 30.0 Å². The van der Waals surface area contributed by atoms with E-state index in [-0.39, 0.29) is 68.3 Å². The topological polar surface area (TPSA) is 157 Å². The Morgan fingerprint density at radius 3 is 2.44 bits per heavy atom. The largest absolute Gasteiger partial charge is 0.629 e. The first-order valence-electron chi connectivity index (χ1n) is 25.7. The summed E-state index contributed by atoms with van der Waals surface area (Å²) in [6.45, 7) is 14.3. The molecular weight excluding hydrogens is 951 g/mol. The molecule has 9 rings (SSSR count). The molecule has 2 saturated heterocycles. The summed E-state index contributed by atoms with van der Waals surface area (Å²) in [7, 11) is -1.81. The monoisotopic (exact) mass is 1020 g/mol. The van der Waals surface area contributed by atoms with Gasteiger partial charge in [-0.15, -0.1) is 0 Å². The number of halogens is 2. The molecule has 0 radical (unpaired) electrons. The second-order valence-corrected chi connectivity index (χ2v) is 22.4. The van der Waals surface area contributed by atoms with Crippen LogP contribution in [-0.2, 0) is 23.0 Å². The van der Waals surface area contributed by atoms with E-state index in [1.54, 1.807) is 25.1 Å². The maximum atomic E-state index is 15.0. The van der Waals surface area contributed by atoms with Crippen molar-refractivity contribution < 1.29 is 36.5 Å². The Kier molecular flexibility index (Phi) is 15.8. The number of hydrogen-bond donors (Lipinski definition) is 3. The molecule has 4 aliphatic rings. The van der Waals surface area contributed by atoms with Gasteiger partial charge in [0.05, 0.1) is 31.6 Å². The van der Waals surface area contributed by atoms with Gasteiger partial charge in [0, 0.05) is 94.1 Å². The van der Waals surface area contributed by atoms with Crippen LogP contribution in [0.25, 0.3) is 5.83 Å². The average molecular weight is 1020 g/mol. The second kappa shape index (κ2) is 22.2. The predicted molar refractivity (Wildman–Crippen MR) is 280 cm³/mol. The third-order valence-corrected chi connectivity index (χ3v) is 16.6. The number of hydroxylamine groups is 1. The Morgan fingerprint density at radius 1 is 0.945 bits per heavy atom. The van der Waals surface area contributed by atoms with Crippen molar-refractivity contribution in [1.82, 2.24) is 24.5 Å².